The first-order chi connectivity index (χ1) is 13.6. The molecule has 0 aliphatic carbocycles. The molecule has 2 atom stereocenters. The maximum absolute atomic E-state index is 13.1. The van der Waals surface area contributed by atoms with Crippen molar-refractivity contribution < 1.29 is 24.1 Å². The number of methoxy groups -OCH3 is 2. The lowest BCUT2D eigenvalue weighted by atomic mass is 9.97. The zero-order valence-corrected chi connectivity index (χ0v) is 16.1. The van der Waals surface area contributed by atoms with E-state index in [2.05, 4.69) is 0 Å². The van der Waals surface area contributed by atoms with Crippen molar-refractivity contribution in [2.45, 2.75) is 18.6 Å². The Morgan fingerprint density at radius 3 is 2.54 bits per heavy atom. The fourth-order valence-corrected chi connectivity index (χ4v) is 3.51. The molecule has 0 bridgehead atoms. The number of morpholine rings is 1. The molecule has 0 saturated carbocycles. The van der Waals surface area contributed by atoms with Crippen LogP contribution in [0.3, 0.4) is 0 Å². The molecule has 0 unspecified atom stereocenters. The molecule has 7 heteroatoms. The Morgan fingerprint density at radius 2 is 1.89 bits per heavy atom. The summed E-state index contributed by atoms with van der Waals surface area (Å²) in [4.78, 5) is 14.8. The Labute approximate surface area is 164 Å². The molecule has 0 spiro atoms. The van der Waals surface area contributed by atoms with Crippen molar-refractivity contribution in [3.05, 3.63) is 53.6 Å². The van der Waals surface area contributed by atoms with E-state index in [1.165, 1.54) is 0 Å². The largest absolute Gasteiger partial charge is 0.493 e. The van der Waals surface area contributed by atoms with Gasteiger partial charge in [0.05, 0.1) is 39.9 Å². The highest BCUT2D eigenvalue weighted by Gasteiger charge is 2.36. The van der Waals surface area contributed by atoms with E-state index in [1.54, 1.807) is 37.3 Å². The van der Waals surface area contributed by atoms with Crippen LogP contribution in [0.5, 0.6) is 11.5 Å². The summed E-state index contributed by atoms with van der Waals surface area (Å²) in [7, 11) is 3.13. The third-order valence-corrected chi connectivity index (χ3v) is 4.94. The summed E-state index contributed by atoms with van der Waals surface area (Å²) in [6.45, 7) is 0.635. The lowest BCUT2D eigenvalue weighted by molar-refractivity contribution is -0.149. The maximum Gasteiger partial charge on any atom is 0.227 e. The van der Waals surface area contributed by atoms with Gasteiger partial charge in [0.25, 0.3) is 0 Å². The van der Waals surface area contributed by atoms with Crippen LogP contribution in [-0.2, 0) is 16.0 Å². The molecule has 3 N–H and O–H groups in total. The van der Waals surface area contributed by atoms with Gasteiger partial charge in [0.1, 0.15) is 6.10 Å². The lowest BCUT2D eigenvalue weighted by Crippen LogP contribution is -2.49. The summed E-state index contributed by atoms with van der Waals surface area (Å²) >= 11 is 0. The van der Waals surface area contributed by atoms with Gasteiger partial charge in [-0.3, -0.25) is 4.79 Å². The minimum Gasteiger partial charge on any atom is -0.493 e. The minimum atomic E-state index is -0.512. The molecule has 1 amide bonds. The van der Waals surface area contributed by atoms with E-state index in [9.17, 15) is 9.90 Å². The number of nitrogens with two attached hydrogens (primary N) is 1. The number of benzene rings is 2. The van der Waals surface area contributed by atoms with Gasteiger partial charge in [0.15, 0.2) is 11.5 Å². The van der Waals surface area contributed by atoms with Gasteiger partial charge in [-0.15, -0.1) is 0 Å². The highest BCUT2D eigenvalue weighted by Crippen LogP contribution is 2.36. The third-order valence-electron chi connectivity index (χ3n) is 4.94. The van der Waals surface area contributed by atoms with Crippen LogP contribution in [0.4, 0.5) is 5.69 Å². The summed E-state index contributed by atoms with van der Waals surface area (Å²) in [5.74, 6) is 1.13. The van der Waals surface area contributed by atoms with E-state index < -0.39 is 12.1 Å². The van der Waals surface area contributed by atoms with Gasteiger partial charge in [-0.1, -0.05) is 18.2 Å². The summed E-state index contributed by atoms with van der Waals surface area (Å²) in [6, 6.07) is 12.3. The van der Waals surface area contributed by atoms with Crippen molar-refractivity contribution in [2.24, 2.45) is 0 Å². The first-order valence-electron chi connectivity index (χ1n) is 9.15. The number of aliphatic hydroxyl groups is 1. The second-order valence-corrected chi connectivity index (χ2v) is 6.66. The van der Waals surface area contributed by atoms with Crippen LogP contribution in [0, 0.1) is 0 Å². The van der Waals surface area contributed by atoms with E-state index >= 15 is 0 Å². The number of aliphatic hydroxyl groups excluding tert-OH is 1. The molecule has 150 valence electrons. The monoisotopic (exact) mass is 386 g/mol. The minimum absolute atomic E-state index is 0.0358. The van der Waals surface area contributed by atoms with Gasteiger partial charge >= 0.3 is 0 Å². The lowest BCUT2D eigenvalue weighted by Gasteiger charge is -2.41. The fraction of sp³-hybridized carbons (Fsp3) is 0.381. The van der Waals surface area contributed by atoms with E-state index in [0.717, 1.165) is 11.1 Å². The number of carbonyl (C=O) groups is 1. The number of anilines is 1. The van der Waals surface area contributed by atoms with Crippen LogP contribution in [0.1, 0.15) is 17.2 Å². The molecule has 2 aromatic carbocycles. The van der Waals surface area contributed by atoms with Crippen LogP contribution in [0.25, 0.3) is 0 Å². The highest BCUT2D eigenvalue weighted by molar-refractivity contribution is 5.79. The van der Waals surface area contributed by atoms with Crippen molar-refractivity contribution in [1.29, 1.82) is 0 Å². The van der Waals surface area contributed by atoms with E-state index in [0.29, 0.717) is 30.3 Å². The molecule has 1 heterocycles. The molecule has 1 saturated heterocycles. The molecule has 0 aromatic heterocycles. The van der Waals surface area contributed by atoms with Crippen LogP contribution in [0.15, 0.2) is 42.5 Å². The van der Waals surface area contributed by atoms with E-state index in [4.69, 9.17) is 19.9 Å². The van der Waals surface area contributed by atoms with Crippen molar-refractivity contribution in [2.75, 3.05) is 39.7 Å². The Balaban J connectivity index is 1.89. The summed E-state index contributed by atoms with van der Waals surface area (Å²) in [6.07, 6.45) is -0.260. The number of rotatable bonds is 6. The molecule has 3 rings (SSSR count). The van der Waals surface area contributed by atoms with Crippen LogP contribution >= 0.6 is 0 Å². The van der Waals surface area contributed by atoms with Crippen molar-refractivity contribution in [3.63, 3.8) is 0 Å². The molecule has 7 nitrogen and oxygen atoms in total. The molecular formula is C21H26N2O5. The maximum atomic E-state index is 13.1. The molecular weight excluding hydrogens is 360 g/mol. The number of carbonyl (C=O) groups excluding carboxylic acids is 1. The van der Waals surface area contributed by atoms with Crippen molar-refractivity contribution in [1.82, 2.24) is 4.90 Å². The number of nitrogen functional groups attached to an aromatic ring is 1. The molecule has 1 fully saturated rings. The normalized spacial score (nSPS) is 19.3. The average Bonchev–Trinajstić information content (AvgIpc) is 2.74. The van der Waals surface area contributed by atoms with E-state index in [1.807, 2.05) is 24.3 Å². The number of hydrogen-bond donors (Lipinski definition) is 2. The van der Waals surface area contributed by atoms with Crippen molar-refractivity contribution in [3.8, 4) is 11.5 Å². The number of nitrogens with zero attached hydrogens (tertiary/aromatic N) is 1. The molecule has 1 aliphatic heterocycles. The van der Waals surface area contributed by atoms with Gasteiger partial charge in [-0.2, -0.15) is 0 Å². The predicted octanol–water partition coefficient (Wildman–Crippen LogP) is 1.79. The Bertz CT molecular complexity index is 809. The second kappa shape index (κ2) is 8.95. The van der Waals surface area contributed by atoms with E-state index in [-0.39, 0.29) is 18.9 Å². The van der Waals surface area contributed by atoms with Crippen LogP contribution in [0.2, 0.25) is 0 Å². The summed E-state index contributed by atoms with van der Waals surface area (Å²) in [5, 5.41) is 9.84. The predicted molar refractivity (Wildman–Crippen MR) is 105 cm³/mol. The Hall–Kier alpha value is -2.77. The topological polar surface area (TPSA) is 94.2 Å². The quantitative estimate of drug-likeness (QED) is 0.735. The molecule has 2 aromatic rings. The van der Waals surface area contributed by atoms with Gasteiger partial charge in [-0.25, -0.2) is 0 Å². The highest BCUT2D eigenvalue weighted by atomic mass is 16.5. The first kappa shape index (κ1) is 20.0. The van der Waals surface area contributed by atoms with Gasteiger partial charge in [0.2, 0.25) is 5.91 Å². The third kappa shape index (κ3) is 4.21. The zero-order valence-electron chi connectivity index (χ0n) is 16.1. The van der Waals surface area contributed by atoms with Crippen LogP contribution in [-0.4, -0.2) is 56.0 Å². The number of amides is 1. The molecule has 0 radical (unpaired) electrons. The molecule has 28 heavy (non-hydrogen) atoms. The summed E-state index contributed by atoms with van der Waals surface area (Å²) in [5.41, 5.74) is 8.09. The Kier molecular flexibility index (Phi) is 6.38. The summed E-state index contributed by atoms with van der Waals surface area (Å²) < 4.78 is 16.4. The first-order valence-corrected chi connectivity index (χ1v) is 9.15. The van der Waals surface area contributed by atoms with Gasteiger partial charge in [0, 0.05) is 12.2 Å². The zero-order chi connectivity index (χ0) is 20.1. The average molecular weight is 386 g/mol. The standard InChI is InChI=1S/C21H26N2O5/c1-26-17-8-5-15(12-18(17)27-2)21-19(13-24)28-10-9-23(21)20(25)11-14-3-6-16(22)7-4-14/h3-8,12,19,21,24H,9-11,13,22H2,1-2H3/t19-,21-/m1/s1. The fourth-order valence-electron chi connectivity index (χ4n) is 3.51. The van der Waals surface area contributed by atoms with Gasteiger partial charge < -0.3 is 30.0 Å². The van der Waals surface area contributed by atoms with Crippen LogP contribution < -0.4 is 15.2 Å². The Morgan fingerprint density at radius 1 is 1.18 bits per heavy atom. The van der Waals surface area contributed by atoms with Crippen molar-refractivity contribution >= 4 is 11.6 Å². The second-order valence-electron chi connectivity index (χ2n) is 6.66. The SMILES string of the molecule is COc1ccc([C@@H]2[C@@H](CO)OCCN2C(=O)Cc2ccc(N)cc2)cc1OC. The number of hydrogen-bond acceptors (Lipinski definition) is 6. The number of ether oxygens (including phenoxy) is 3. The molecule has 1 aliphatic rings. The smallest absolute Gasteiger partial charge is 0.227 e. The van der Waals surface area contributed by atoms with Gasteiger partial charge in [-0.05, 0) is 35.4 Å².